The van der Waals surface area contributed by atoms with E-state index in [2.05, 4.69) is 18.0 Å². The number of amidine groups is 1. The first-order valence-electron chi connectivity index (χ1n) is 7.61. The van der Waals surface area contributed by atoms with Crippen LogP contribution in [0.5, 0.6) is 0 Å². The van der Waals surface area contributed by atoms with Gasteiger partial charge >= 0.3 is 0 Å². The van der Waals surface area contributed by atoms with Gasteiger partial charge in [0, 0.05) is 24.4 Å². The summed E-state index contributed by atoms with van der Waals surface area (Å²) in [5.74, 6) is 1.08. The zero-order valence-corrected chi connectivity index (χ0v) is 13.6. The maximum absolute atomic E-state index is 12.5. The highest BCUT2D eigenvalue weighted by atomic mass is 32.2. The van der Waals surface area contributed by atoms with E-state index in [1.165, 1.54) is 0 Å². The summed E-state index contributed by atoms with van der Waals surface area (Å²) in [4.78, 5) is 18.9. The number of carbonyl (C=O) groups excluding carboxylic acids is 1. The van der Waals surface area contributed by atoms with Gasteiger partial charge in [-0.1, -0.05) is 36.0 Å². The fourth-order valence-electron chi connectivity index (χ4n) is 2.87. The Labute approximate surface area is 135 Å². The maximum atomic E-state index is 12.5. The maximum Gasteiger partial charge on any atom is 0.254 e. The molecule has 2 heterocycles. The molecule has 0 aliphatic carbocycles. The van der Waals surface area contributed by atoms with E-state index in [-0.39, 0.29) is 11.4 Å². The molecule has 0 saturated heterocycles. The van der Waals surface area contributed by atoms with Crippen molar-refractivity contribution in [1.82, 2.24) is 4.90 Å². The smallest absolute Gasteiger partial charge is 0.254 e. The second kappa shape index (κ2) is 6.16. The standard InChI is InChI=1S/C17H21N3OS/c1-17(9-12-22-16(18)19-17)14-7-5-13(6-8-14)15(21)20-10-3-2-4-11-20/h2-3,5-8H,4,9-12H2,1H3,(H2,18,19). The van der Waals surface area contributed by atoms with Crippen LogP contribution in [-0.2, 0) is 5.54 Å². The Balaban J connectivity index is 1.79. The number of nitrogens with zero attached hydrogens (tertiary/aromatic N) is 2. The summed E-state index contributed by atoms with van der Waals surface area (Å²) in [6.07, 6.45) is 6.07. The van der Waals surface area contributed by atoms with Crippen molar-refractivity contribution < 1.29 is 4.79 Å². The Bertz CT molecular complexity index is 623. The van der Waals surface area contributed by atoms with E-state index < -0.39 is 0 Å². The van der Waals surface area contributed by atoms with E-state index in [4.69, 9.17) is 5.73 Å². The van der Waals surface area contributed by atoms with Gasteiger partial charge in [0.2, 0.25) is 0 Å². The monoisotopic (exact) mass is 315 g/mol. The lowest BCUT2D eigenvalue weighted by Gasteiger charge is -2.30. The molecule has 2 aliphatic heterocycles. The molecule has 1 atom stereocenters. The lowest BCUT2D eigenvalue weighted by molar-refractivity contribution is 0.0771. The van der Waals surface area contributed by atoms with Crippen molar-refractivity contribution in [2.24, 2.45) is 10.7 Å². The van der Waals surface area contributed by atoms with Crippen molar-refractivity contribution in [2.75, 3.05) is 18.8 Å². The Morgan fingerprint density at radius 3 is 2.73 bits per heavy atom. The fourth-order valence-corrected chi connectivity index (χ4v) is 3.85. The number of benzene rings is 1. The van der Waals surface area contributed by atoms with Crippen LogP contribution in [0, 0.1) is 0 Å². The summed E-state index contributed by atoms with van der Waals surface area (Å²) in [6.45, 7) is 3.61. The van der Waals surface area contributed by atoms with Crippen LogP contribution in [0.25, 0.3) is 0 Å². The zero-order valence-electron chi connectivity index (χ0n) is 12.8. The molecule has 0 spiro atoms. The van der Waals surface area contributed by atoms with E-state index in [9.17, 15) is 4.79 Å². The first-order valence-corrected chi connectivity index (χ1v) is 8.60. The van der Waals surface area contributed by atoms with Gasteiger partial charge in [0.05, 0.1) is 5.54 Å². The summed E-state index contributed by atoms with van der Waals surface area (Å²) in [7, 11) is 0. The average Bonchev–Trinajstić information content (AvgIpc) is 2.55. The molecule has 0 aromatic heterocycles. The van der Waals surface area contributed by atoms with Crippen molar-refractivity contribution in [1.29, 1.82) is 0 Å². The average molecular weight is 315 g/mol. The van der Waals surface area contributed by atoms with Crippen molar-refractivity contribution in [2.45, 2.75) is 25.3 Å². The van der Waals surface area contributed by atoms with Crippen LogP contribution in [0.4, 0.5) is 0 Å². The Morgan fingerprint density at radius 1 is 1.32 bits per heavy atom. The zero-order chi connectivity index (χ0) is 15.6. The topological polar surface area (TPSA) is 58.7 Å². The number of rotatable bonds is 2. The summed E-state index contributed by atoms with van der Waals surface area (Å²) < 4.78 is 0. The van der Waals surface area contributed by atoms with E-state index in [0.29, 0.717) is 11.7 Å². The molecule has 0 saturated carbocycles. The molecule has 116 valence electrons. The minimum atomic E-state index is -0.273. The molecule has 0 bridgehead atoms. The quantitative estimate of drug-likeness (QED) is 0.854. The molecule has 5 heteroatoms. The van der Waals surface area contributed by atoms with E-state index >= 15 is 0 Å². The van der Waals surface area contributed by atoms with Gasteiger partial charge in [-0.2, -0.15) is 0 Å². The SMILES string of the molecule is CC1(c2ccc(C(=O)N3CC=CCC3)cc2)CCSC(N)=N1. The van der Waals surface area contributed by atoms with Crippen LogP contribution in [-0.4, -0.2) is 34.8 Å². The van der Waals surface area contributed by atoms with Gasteiger partial charge in [-0.15, -0.1) is 0 Å². The van der Waals surface area contributed by atoms with Crippen LogP contribution >= 0.6 is 11.8 Å². The summed E-state index contributed by atoms with van der Waals surface area (Å²) in [5.41, 5.74) is 7.45. The number of nitrogens with two attached hydrogens (primary N) is 1. The van der Waals surface area contributed by atoms with E-state index in [1.807, 2.05) is 35.2 Å². The Hall–Kier alpha value is -1.75. The number of carbonyl (C=O) groups is 1. The van der Waals surface area contributed by atoms with Crippen molar-refractivity contribution in [3.8, 4) is 0 Å². The molecule has 2 N–H and O–H groups in total. The van der Waals surface area contributed by atoms with Gasteiger partial charge in [0.1, 0.15) is 0 Å². The predicted molar refractivity (Wildman–Crippen MR) is 92.2 cm³/mol. The molecule has 1 aromatic rings. The predicted octanol–water partition coefficient (Wildman–Crippen LogP) is 2.76. The number of hydrogen-bond donors (Lipinski definition) is 1. The van der Waals surface area contributed by atoms with E-state index in [0.717, 1.165) is 36.3 Å². The highest BCUT2D eigenvalue weighted by Gasteiger charge is 2.29. The number of amides is 1. The van der Waals surface area contributed by atoms with Crippen LogP contribution in [0.15, 0.2) is 41.4 Å². The normalized spacial score (nSPS) is 25.0. The highest BCUT2D eigenvalue weighted by Crippen LogP contribution is 2.35. The molecule has 2 aliphatic rings. The first kappa shape index (κ1) is 15.2. The summed E-state index contributed by atoms with van der Waals surface area (Å²) in [6, 6.07) is 7.85. The van der Waals surface area contributed by atoms with Crippen LogP contribution in [0.1, 0.15) is 35.7 Å². The first-order chi connectivity index (χ1) is 10.6. The van der Waals surface area contributed by atoms with Crippen molar-refractivity contribution >= 4 is 22.8 Å². The number of aliphatic imine (C=N–C) groups is 1. The highest BCUT2D eigenvalue weighted by molar-refractivity contribution is 8.13. The third-order valence-electron chi connectivity index (χ3n) is 4.29. The van der Waals surface area contributed by atoms with Crippen LogP contribution < -0.4 is 5.73 Å². The van der Waals surface area contributed by atoms with Crippen LogP contribution in [0.3, 0.4) is 0 Å². The van der Waals surface area contributed by atoms with Gasteiger partial charge in [-0.05, 0) is 37.5 Å². The number of hydrogen-bond acceptors (Lipinski definition) is 4. The van der Waals surface area contributed by atoms with E-state index in [1.54, 1.807) is 11.8 Å². The fraction of sp³-hybridized carbons (Fsp3) is 0.412. The minimum Gasteiger partial charge on any atom is -0.379 e. The van der Waals surface area contributed by atoms with Gasteiger partial charge in [0.15, 0.2) is 5.17 Å². The molecule has 3 rings (SSSR count). The molecule has 22 heavy (non-hydrogen) atoms. The molecule has 1 aromatic carbocycles. The second-order valence-electron chi connectivity index (χ2n) is 5.91. The van der Waals surface area contributed by atoms with Gasteiger partial charge < -0.3 is 10.6 Å². The summed E-state index contributed by atoms with van der Waals surface area (Å²) >= 11 is 1.60. The third kappa shape index (κ3) is 3.04. The molecular formula is C17H21N3OS. The van der Waals surface area contributed by atoms with Crippen molar-refractivity contribution in [3.63, 3.8) is 0 Å². The van der Waals surface area contributed by atoms with Gasteiger partial charge in [-0.3, -0.25) is 9.79 Å². The molecule has 1 unspecified atom stereocenters. The van der Waals surface area contributed by atoms with Gasteiger partial charge in [-0.25, -0.2) is 0 Å². The Morgan fingerprint density at radius 2 is 2.09 bits per heavy atom. The molecule has 1 amide bonds. The lowest BCUT2D eigenvalue weighted by atomic mass is 9.89. The molecule has 0 radical (unpaired) electrons. The van der Waals surface area contributed by atoms with Crippen LogP contribution in [0.2, 0.25) is 0 Å². The van der Waals surface area contributed by atoms with Crippen molar-refractivity contribution in [3.05, 3.63) is 47.5 Å². The van der Waals surface area contributed by atoms with Gasteiger partial charge in [0.25, 0.3) is 5.91 Å². The molecule has 0 fully saturated rings. The molecule has 4 nitrogen and oxygen atoms in total. The Kier molecular flexibility index (Phi) is 4.25. The lowest BCUT2D eigenvalue weighted by Crippen LogP contribution is -2.34. The largest absolute Gasteiger partial charge is 0.379 e. The third-order valence-corrected chi connectivity index (χ3v) is 5.09. The number of thioether (sulfide) groups is 1. The second-order valence-corrected chi connectivity index (χ2v) is 7.03. The minimum absolute atomic E-state index is 0.100. The molecular weight excluding hydrogens is 294 g/mol. The summed E-state index contributed by atoms with van der Waals surface area (Å²) in [5, 5.41) is 0.647.